The lowest BCUT2D eigenvalue weighted by Crippen LogP contribution is -2.40. The maximum absolute atomic E-state index is 12.6. The lowest BCUT2D eigenvalue weighted by molar-refractivity contribution is -0.291. The van der Waals surface area contributed by atoms with Crippen LogP contribution in [-0.4, -0.2) is 12.1 Å². The van der Waals surface area contributed by atoms with Crippen LogP contribution in [0.3, 0.4) is 0 Å². The first-order valence-corrected chi connectivity index (χ1v) is 4.46. The summed E-state index contributed by atoms with van der Waals surface area (Å²) in [5.74, 6) is -4.58. The van der Waals surface area contributed by atoms with Crippen LogP contribution in [0.1, 0.15) is 40.0 Å². The topological polar surface area (TPSA) is 0 Å². The highest BCUT2D eigenvalue weighted by Gasteiger charge is 2.58. The molecular weight excluding hydrogens is 203 g/mol. The summed E-state index contributed by atoms with van der Waals surface area (Å²) in [7, 11) is 0. The van der Waals surface area contributed by atoms with E-state index in [1.54, 1.807) is 6.92 Å². The molecule has 0 amide bonds. The SMILES string of the molecule is CCCC(C)(C)CC(F)(F)C(F)(F)F. The smallest absolute Gasteiger partial charge is 0.196 e. The molecule has 0 unspecified atom stereocenters. The number of hydrogen-bond donors (Lipinski definition) is 0. The molecule has 14 heavy (non-hydrogen) atoms. The zero-order valence-electron chi connectivity index (χ0n) is 8.51. The average Bonchev–Trinajstić information content (AvgIpc) is 1.80. The Morgan fingerprint density at radius 1 is 0.929 bits per heavy atom. The first-order valence-electron chi connectivity index (χ1n) is 4.46. The molecule has 0 aliphatic carbocycles. The molecule has 0 bridgehead atoms. The summed E-state index contributed by atoms with van der Waals surface area (Å²) in [4.78, 5) is 0. The van der Waals surface area contributed by atoms with Crippen molar-refractivity contribution in [3.05, 3.63) is 0 Å². The maximum Gasteiger partial charge on any atom is 0.453 e. The van der Waals surface area contributed by atoms with E-state index >= 15 is 0 Å². The molecule has 0 aromatic rings. The lowest BCUT2D eigenvalue weighted by atomic mass is 9.82. The van der Waals surface area contributed by atoms with E-state index in [9.17, 15) is 22.0 Å². The van der Waals surface area contributed by atoms with E-state index in [1.165, 1.54) is 13.8 Å². The highest BCUT2D eigenvalue weighted by molar-refractivity contribution is 4.83. The van der Waals surface area contributed by atoms with Gasteiger partial charge >= 0.3 is 12.1 Å². The van der Waals surface area contributed by atoms with Gasteiger partial charge in [-0.1, -0.05) is 27.2 Å². The highest BCUT2D eigenvalue weighted by Crippen LogP contribution is 2.44. The van der Waals surface area contributed by atoms with Crippen molar-refractivity contribution >= 4 is 0 Å². The summed E-state index contributed by atoms with van der Waals surface area (Å²) >= 11 is 0. The zero-order valence-corrected chi connectivity index (χ0v) is 8.51. The predicted molar refractivity (Wildman–Crippen MR) is 44.3 cm³/mol. The van der Waals surface area contributed by atoms with Crippen molar-refractivity contribution in [1.29, 1.82) is 0 Å². The Morgan fingerprint density at radius 3 is 1.64 bits per heavy atom. The first-order chi connectivity index (χ1) is 6.02. The van der Waals surface area contributed by atoms with Crippen molar-refractivity contribution < 1.29 is 22.0 Å². The molecule has 0 nitrogen and oxygen atoms in total. The molecule has 0 heterocycles. The molecule has 0 atom stereocenters. The van der Waals surface area contributed by atoms with Crippen molar-refractivity contribution in [3.8, 4) is 0 Å². The Labute approximate surface area is 80.5 Å². The van der Waals surface area contributed by atoms with Crippen LogP contribution < -0.4 is 0 Å². The second-order valence-corrected chi connectivity index (χ2v) is 4.29. The first kappa shape index (κ1) is 13.7. The third-order valence-corrected chi connectivity index (χ3v) is 2.04. The minimum absolute atomic E-state index is 0.360. The molecule has 0 N–H and O–H groups in total. The molecule has 0 fully saturated rings. The monoisotopic (exact) mass is 218 g/mol. The summed E-state index contributed by atoms with van der Waals surface area (Å²) in [6, 6.07) is 0. The van der Waals surface area contributed by atoms with Crippen molar-refractivity contribution in [1.82, 2.24) is 0 Å². The summed E-state index contributed by atoms with van der Waals surface area (Å²) < 4.78 is 60.8. The van der Waals surface area contributed by atoms with Gasteiger partial charge in [0.25, 0.3) is 0 Å². The molecule has 5 heteroatoms. The maximum atomic E-state index is 12.6. The molecule has 0 aliphatic rings. The van der Waals surface area contributed by atoms with E-state index in [0.717, 1.165) is 0 Å². The van der Waals surface area contributed by atoms with Gasteiger partial charge in [0.2, 0.25) is 0 Å². The van der Waals surface area contributed by atoms with Gasteiger partial charge in [-0.25, -0.2) is 0 Å². The van der Waals surface area contributed by atoms with Crippen LogP contribution in [0.25, 0.3) is 0 Å². The Hall–Kier alpha value is -0.350. The van der Waals surface area contributed by atoms with Crippen molar-refractivity contribution in [3.63, 3.8) is 0 Å². The molecule has 0 rings (SSSR count). The van der Waals surface area contributed by atoms with Gasteiger partial charge in [-0.3, -0.25) is 0 Å². The Balaban J connectivity index is 4.50. The van der Waals surface area contributed by atoms with E-state index in [2.05, 4.69) is 0 Å². The summed E-state index contributed by atoms with van der Waals surface area (Å²) in [6.07, 6.45) is -5.62. The van der Waals surface area contributed by atoms with E-state index in [-0.39, 0.29) is 0 Å². The number of rotatable bonds is 4. The fraction of sp³-hybridized carbons (Fsp3) is 1.00. The van der Waals surface area contributed by atoms with Crippen LogP contribution in [-0.2, 0) is 0 Å². The summed E-state index contributed by atoms with van der Waals surface area (Å²) in [5.41, 5.74) is -0.978. The number of alkyl halides is 5. The number of hydrogen-bond acceptors (Lipinski definition) is 0. The lowest BCUT2D eigenvalue weighted by Gasteiger charge is -2.30. The standard InChI is InChI=1S/C9H15F5/c1-4-5-7(2,3)6-8(10,11)9(12,13)14/h4-6H2,1-3H3. The zero-order chi connectivity index (χ0) is 11.6. The minimum atomic E-state index is -5.43. The normalized spacial score (nSPS) is 14.6. The van der Waals surface area contributed by atoms with Crippen molar-refractivity contribution in [2.24, 2.45) is 5.41 Å². The van der Waals surface area contributed by atoms with Gasteiger partial charge in [-0.15, -0.1) is 0 Å². The van der Waals surface area contributed by atoms with Crippen LogP contribution in [0.5, 0.6) is 0 Å². The molecule has 0 radical (unpaired) electrons. The van der Waals surface area contributed by atoms with Gasteiger partial charge < -0.3 is 0 Å². The van der Waals surface area contributed by atoms with E-state index < -0.39 is 23.9 Å². The van der Waals surface area contributed by atoms with Gasteiger partial charge in [0.05, 0.1) is 0 Å². The fourth-order valence-corrected chi connectivity index (χ4v) is 1.47. The number of halogens is 5. The quantitative estimate of drug-likeness (QED) is 0.613. The van der Waals surface area contributed by atoms with E-state index in [1.807, 2.05) is 0 Å². The molecule has 0 aromatic carbocycles. The Bertz CT molecular complexity index is 180. The van der Waals surface area contributed by atoms with Gasteiger partial charge in [0, 0.05) is 6.42 Å². The second kappa shape index (κ2) is 4.03. The third kappa shape index (κ3) is 3.80. The molecule has 0 saturated carbocycles. The third-order valence-electron chi connectivity index (χ3n) is 2.04. The molecule has 0 spiro atoms. The van der Waals surface area contributed by atoms with Gasteiger partial charge in [0.1, 0.15) is 0 Å². The highest BCUT2D eigenvalue weighted by atomic mass is 19.4. The minimum Gasteiger partial charge on any atom is -0.196 e. The van der Waals surface area contributed by atoms with Crippen molar-refractivity contribution in [2.45, 2.75) is 52.1 Å². The molecule has 0 aliphatic heterocycles. The van der Waals surface area contributed by atoms with E-state index in [0.29, 0.717) is 12.8 Å². The van der Waals surface area contributed by atoms with Gasteiger partial charge in [0.15, 0.2) is 0 Å². The van der Waals surface area contributed by atoms with Crippen LogP contribution in [0.2, 0.25) is 0 Å². The van der Waals surface area contributed by atoms with Crippen LogP contribution in [0, 0.1) is 5.41 Å². The van der Waals surface area contributed by atoms with Gasteiger partial charge in [-0.05, 0) is 11.8 Å². The van der Waals surface area contributed by atoms with Gasteiger partial charge in [-0.2, -0.15) is 22.0 Å². The molecule has 0 aromatic heterocycles. The second-order valence-electron chi connectivity index (χ2n) is 4.29. The summed E-state index contributed by atoms with van der Waals surface area (Å²) in [6.45, 7) is 4.61. The molecular formula is C9H15F5. The molecule has 86 valence electrons. The van der Waals surface area contributed by atoms with Crippen LogP contribution in [0.15, 0.2) is 0 Å². The summed E-state index contributed by atoms with van der Waals surface area (Å²) in [5, 5.41) is 0. The van der Waals surface area contributed by atoms with Crippen LogP contribution >= 0.6 is 0 Å². The predicted octanol–water partition coefficient (Wildman–Crippen LogP) is 4.40. The average molecular weight is 218 g/mol. The van der Waals surface area contributed by atoms with E-state index in [4.69, 9.17) is 0 Å². The fourth-order valence-electron chi connectivity index (χ4n) is 1.47. The Morgan fingerprint density at radius 2 is 1.36 bits per heavy atom. The molecule has 0 saturated heterocycles. The Kier molecular flexibility index (Phi) is 3.93. The van der Waals surface area contributed by atoms with Crippen molar-refractivity contribution in [2.75, 3.05) is 0 Å². The van der Waals surface area contributed by atoms with Crippen LogP contribution in [0.4, 0.5) is 22.0 Å². The largest absolute Gasteiger partial charge is 0.453 e.